The Balaban J connectivity index is 2.44. The molecule has 0 aromatic heterocycles. The van der Waals surface area contributed by atoms with Gasteiger partial charge in [-0.15, -0.1) is 0 Å². The fourth-order valence-electron chi connectivity index (χ4n) is 1.74. The first-order chi connectivity index (χ1) is 7.74. The van der Waals surface area contributed by atoms with Crippen molar-refractivity contribution in [1.29, 1.82) is 0 Å². The van der Waals surface area contributed by atoms with Gasteiger partial charge in [-0.3, -0.25) is 0 Å². The van der Waals surface area contributed by atoms with Gasteiger partial charge < -0.3 is 24.3 Å². The molecule has 6 heteroatoms. The number of rotatable bonds is 3. The number of hydrogen-bond acceptors (Lipinski definition) is 5. The minimum atomic E-state index is -1.57. The number of hydrogen-bond donors (Lipinski definition) is 2. The zero-order valence-electron chi connectivity index (χ0n) is 8.92. The summed E-state index contributed by atoms with van der Waals surface area (Å²) in [4.78, 5) is 0. The highest BCUT2D eigenvalue weighted by molar-refractivity contribution is 6.59. The summed E-state index contributed by atoms with van der Waals surface area (Å²) in [6.07, 6.45) is -0.590. The Morgan fingerprint density at radius 1 is 1.31 bits per heavy atom. The van der Waals surface area contributed by atoms with E-state index >= 15 is 0 Å². The summed E-state index contributed by atoms with van der Waals surface area (Å²) in [6, 6.07) is 5.02. The van der Waals surface area contributed by atoms with Crippen molar-refractivity contribution in [1.82, 2.24) is 0 Å². The molecule has 1 aromatic carbocycles. The molecule has 1 aliphatic heterocycles. The molecule has 1 heterocycles. The van der Waals surface area contributed by atoms with Crippen LogP contribution in [0.15, 0.2) is 18.2 Å². The van der Waals surface area contributed by atoms with Crippen LogP contribution < -0.4 is 10.2 Å². The van der Waals surface area contributed by atoms with Crippen molar-refractivity contribution in [3.63, 3.8) is 0 Å². The Morgan fingerprint density at radius 3 is 2.56 bits per heavy atom. The fraction of sp³-hybridized carbons (Fsp3) is 0.400. The van der Waals surface area contributed by atoms with Crippen molar-refractivity contribution >= 4 is 12.6 Å². The molecule has 0 aliphatic carbocycles. The highest BCUT2D eigenvalue weighted by atomic mass is 16.7. The van der Waals surface area contributed by atoms with Gasteiger partial charge in [-0.1, -0.05) is 12.1 Å². The average molecular weight is 224 g/mol. The van der Waals surface area contributed by atoms with Gasteiger partial charge in [-0.2, -0.15) is 0 Å². The van der Waals surface area contributed by atoms with Gasteiger partial charge in [0.1, 0.15) is 5.75 Å². The van der Waals surface area contributed by atoms with E-state index in [1.54, 1.807) is 18.2 Å². The van der Waals surface area contributed by atoms with Gasteiger partial charge >= 0.3 is 7.12 Å². The molecule has 1 aliphatic rings. The Morgan fingerprint density at radius 2 is 2.00 bits per heavy atom. The maximum atomic E-state index is 9.27. The smallest absolute Gasteiger partial charge is 0.489 e. The Kier molecular flexibility index (Phi) is 3.45. The van der Waals surface area contributed by atoms with Crippen LogP contribution in [0.25, 0.3) is 0 Å². The standard InChI is InChI=1S/C10H13BO5/c1-14-8-4-2-3-7(11(12)13)9(8)10-15-5-6-16-10/h2-4,10,12-13H,5-6H2,1H3. The van der Waals surface area contributed by atoms with Crippen molar-refractivity contribution in [3.8, 4) is 5.75 Å². The zero-order valence-corrected chi connectivity index (χ0v) is 8.92. The van der Waals surface area contributed by atoms with Gasteiger partial charge in [-0.25, -0.2) is 0 Å². The van der Waals surface area contributed by atoms with Crippen molar-refractivity contribution in [3.05, 3.63) is 23.8 Å². The van der Waals surface area contributed by atoms with Gasteiger partial charge in [0.25, 0.3) is 0 Å². The molecule has 5 nitrogen and oxygen atoms in total. The molecule has 0 amide bonds. The maximum Gasteiger partial charge on any atom is 0.489 e. The molecule has 0 bridgehead atoms. The van der Waals surface area contributed by atoms with Gasteiger partial charge in [0.05, 0.1) is 20.3 Å². The highest BCUT2D eigenvalue weighted by Gasteiger charge is 2.29. The van der Waals surface area contributed by atoms with Crippen molar-refractivity contribution < 1.29 is 24.3 Å². The van der Waals surface area contributed by atoms with E-state index in [-0.39, 0.29) is 0 Å². The molecule has 86 valence electrons. The SMILES string of the molecule is COc1cccc(B(O)O)c1C1OCCO1. The van der Waals surface area contributed by atoms with Gasteiger partial charge in [0.2, 0.25) is 0 Å². The van der Waals surface area contributed by atoms with E-state index in [1.807, 2.05) is 0 Å². The highest BCUT2D eigenvalue weighted by Crippen LogP contribution is 2.29. The fourth-order valence-corrected chi connectivity index (χ4v) is 1.74. The lowest BCUT2D eigenvalue weighted by molar-refractivity contribution is -0.0448. The molecule has 0 radical (unpaired) electrons. The lowest BCUT2D eigenvalue weighted by atomic mass is 9.76. The molecule has 0 atom stereocenters. The van der Waals surface area contributed by atoms with Crippen molar-refractivity contribution in [2.45, 2.75) is 6.29 Å². The van der Waals surface area contributed by atoms with Crippen LogP contribution in [-0.2, 0) is 9.47 Å². The van der Waals surface area contributed by atoms with Crippen molar-refractivity contribution in [2.75, 3.05) is 20.3 Å². The quantitative estimate of drug-likeness (QED) is 0.672. The predicted molar refractivity (Wildman–Crippen MR) is 57.5 cm³/mol. The van der Waals surface area contributed by atoms with E-state index in [0.717, 1.165) is 0 Å². The molecule has 1 fully saturated rings. The van der Waals surface area contributed by atoms with E-state index in [2.05, 4.69) is 0 Å². The number of methoxy groups -OCH3 is 1. The summed E-state index contributed by atoms with van der Waals surface area (Å²) < 4.78 is 15.9. The third kappa shape index (κ3) is 2.05. The maximum absolute atomic E-state index is 9.27. The van der Waals surface area contributed by atoms with Crippen LogP contribution >= 0.6 is 0 Å². The van der Waals surface area contributed by atoms with E-state index in [4.69, 9.17) is 14.2 Å². The molecule has 2 N–H and O–H groups in total. The molecule has 1 saturated heterocycles. The Bertz CT molecular complexity index is 362. The van der Waals surface area contributed by atoms with Crippen LogP contribution in [0, 0.1) is 0 Å². The second-order valence-corrected chi connectivity index (χ2v) is 3.41. The average Bonchev–Trinajstić information content (AvgIpc) is 2.81. The van der Waals surface area contributed by atoms with E-state index in [9.17, 15) is 10.0 Å². The van der Waals surface area contributed by atoms with Crippen LogP contribution in [0.5, 0.6) is 5.75 Å². The zero-order chi connectivity index (χ0) is 11.5. The minimum absolute atomic E-state index is 0.339. The molecule has 0 saturated carbocycles. The van der Waals surface area contributed by atoms with Crippen LogP contribution in [0.1, 0.15) is 11.9 Å². The first kappa shape index (κ1) is 11.4. The van der Waals surface area contributed by atoms with Crippen LogP contribution in [-0.4, -0.2) is 37.5 Å². The van der Waals surface area contributed by atoms with Gasteiger partial charge in [0, 0.05) is 5.56 Å². The minimum Gasteiger partial charge on any atom is -0.496 e. The third-order valence-electron chi connectivity index (χ3n) is 2.46. The van der Waals surface area contributed by atoms with Crippen LogP contribution in [0.4, 0.5) is 0 Å². The third-order valence-corrected chi connectivity index (χ3v) is 2.46. The normalized spacial score (nSPS) is 16.4. The largest absolute Gasteiger partial charge is 0.496 e. The number of ether oxygens (including phenoxy) is 3. The van der Waals surface area contributed by atoms with Gasteiger partial charge in [-0.05, 0) is 11.5 Å². The van der Waals surface area contributed by atoms with E-state index < -0.39 is 13.4 Å². The first-order valence-electron chi connectivity index (χ1n) is 5.00. The van der Waals surface area contributed by atoms with Crippen molar-refractivity contribution in [2.24, 2.45) is 0 Å². The molecule has 16 heavy (non-hydrogen) atoms. The molecule has 0 unspecified atom stereocenters. The summed E-state index contributed by atoms with van der Waals surface area (Å²) in [5, 5.41) is 18.5. The summed E-state index contributed by atoms with van der Waals surface area (Å²) in [6.45, 7) is 0.980. The summed E-state index contributed by atoms with van der Waals surface area (Å²) >= 11 is 0. The summed E-state index contributed by atoms with van der Waals surface area (Å²) in [7, 11) is -0.0562. The number of benzene rings is 1. The lowest BCUT2D eigenvalue weighted by Crippen LogP contribution is -2.34. The molecule has 0 spiro atoms. The lowest BCUT2D eigenvalue weighted by Gasteiger charge is -2.17. The van der Waals surface area contributed by atoms with E-state index in [1.165, 1.54) is 7.11 Å². The molecule has 1 aromatic rings. The Hall–Kier alpha value is -1.08. The summed E-state index contributed by atoms with van der Waals surface area (Å²) in [5.41, 5.74) is 0.878. The Labute approximate surface area is 93.7 Å². The monoisotopic (exact) mass is 224 g/mol. The topological polar surface area (TPSA) is 68.2 Å². The second-order valence-electron chi connectivity index (χ2n) is 3.41. The summed E-state index contributed by atoms with van der Waals surface area (Å²) in [5.74, 6) is 0.525. The van der Waals surface area contributed by atoms with E-state index in [0.29, 0.717) is 30.0 Å². The first-order valence-corrected chi connectivity index (χ1v) is 5.00. The predicted octanol–water partition coefficient (Wildman–Crippen LogP) is -0.580. The second kappa shape index (κ2) is 4.84. The molecule has 2 rings (SSSR count). The van der Waals surface area contributed by atoms with Gasteiger partial charge in [0.15, 0.2) is 6.29 Å². The van der Waals surface area contributed by atoms with Crippen LogP contribution in [0.3, 0.4) is 0 Å². The molecular formula is C10H13BO5. The van der Waals surface area contributed by atoms with Crippen LogP contribution in [0.2, 0.25) is 0 Å². The molecular weight excluding hydrogens is 211 g/mol.